The number of morpholine rings is 1. The maximum atomic E-state index is 12.7. The molecule has 1 saturated heterocycles. The lowest BCUT2D eigenvalue weighted by molar-refractivity contribution is 0.0162. The van der Waals surface area contributed by atoms with Crippen molar-refractivity contribution < 1.29 is 19.0 Å². The average Bonchev–Trinajstić information content (AvgIpc) is 2.79. The molecule has 1 aliphatic rings. The number of amides is 1. The van der Waals surface area contributed by atoms with Gasteiger partial charge in [0.15, 0.2) is 0 Å². The fraction of sp³-hybridized carbons (Fsp3) is 0.458. The number of hydrogen-bond donors (Lipinski definition) is 1. The first-order chi connectivity index (χ1) is 14.6. The van der Waals surface area contributed by atoms with E-state index in [0.717, 1.165) is 30.2 Å². The SMILES string of the molecule is COc1ccc([C@H](CNC(=O)c2ccc(OCC(C)C)cc2)N2CCOCC2)cc1. The number of carbonyl (C=O) groups excluding carboxylic acids is 1. The molecule has 1 fully saturated rings. The van der Waals surface area contributed by atoms with Gasteiger partial charge in [-0.1, -0.05) is 26.0 Å². The van der Waals surface area contributed by atoms with Crippen LogP contribution in [0.4, 0.5) is 0 Å². The molecule has 2 aromatic rings. The van der Waals surface area contributed by atoms with Crippen molar-refractivity contribution in [3.63, 3.8) is 0 Å². The Bertz CT molecular complexity index is 784. The number of benzene rings is 2. The maximum absolute atomic E-state index is 12.7. The molecule has 1 N–H and O–H groups in total. The molecule has 0 spiro atoms. The Morgan fingerprint density at radius 3 is 2.27 bits per heavy atom. The highest BCUT2D eigenvalue weighted by Crippen LogP contribution is 2.24. The Morgan fingerprint density at radius 2 is 1.67 bits per heavy atom. The highest BCUT2D eigenvalue weighted by molar-refractivity contribution is 5.94. The summed E-state index contributed by atoms with van der Waals surface area (Å²) in [5.74, 6) is 1.98. The predicted octanol–water partition coefficient (Wildman–Crippen LogP) is 3.53. The van der Waals surface area contributed by atoms with E-state index < -0.39 is 0 Å². The standard InChI is InChI=1S/C24H32N2O4/c1-18(2)17-30-22-10-6-20(7-11-22)24(27)25-16-23(26-12-14-29-15-13-26)19-4-8-21(28-3)9-5-19/h4-11,18,23H,12-17H2,1-3H3,(H,25,27)/t23-/m0/s1. The molecule has 30 heavy (non-hydrogen) atoms. The molecule has 0 aliphatic carbocycles. The van der Waals surface area contributed by atoms with Gasteiger partial charge in [0.05, 0.1) is 33.0 Å². The Balaban J connectivity index is 1.64. The van der Waals surface area contributed by atoms with Crippen LogP contribution >= 0.6 is 0 Å². The quantitative estimate of drug-likeness (QED) is 0.683. The third-order valence-corrected chi connectivity index (χ3v) is 5.14. The predicted molar refractivity (Wildman–Crippen MR) is 117 cm³/mol. The summed E-state index contributed by atoms with van der Waals surface area (Å²) >= 11 is 0. The molecule has 1 heterocycles. The summed E-state index contributed by atoms with van der Waals surface area (Å²) in [5.41, 5.74) is 1.78. The van der Waals surface area contributed by atoms with Crippen LogP contribution in [0, 0.1) is 5.92 Å². The first-order valence-corrected chi connectivity index (χ1v) is 10.5. The van der Waals surface area contributed by atoms with Crippen LogP contribution in [-0.4, -0.2) is 57.4 Å². The first kappa shape index (κ1) is 22.1. The van der Waals surface area contributed by atoms with E-state index in [0.29, 0.717) is 37.8 Å². The zero-order valence-corrected chi connectivity index (χ0v) is 18.1. The monoisotopic (exact) mass is 412 g/mol. The van der Waals surface area contributed by atoms with Crippen molar-refractivity contribution >= 4 is 5.91 Å². The van der Waals surface area contributed by atoms with Crippen molar-refractivity contribution in [3.8, 4) is 11.5 Å². The van der Waals surface area contributed by atoms with E-state index in [2.05, 4.69) is 36.2 Å². The summed E-state index contributed by atoms with van der Waals surface area (Å²) in [6.45, 7) is 8.50. The lowest BCUT2D eigenvalue weighted by Crippen LogP contribution is -2.43. The van der Waals surface area contributed by atoms with Crippen LogP contribution in [0.2, 0.25) is 0 Å². The Kier molecular flexibility index (Phi) is 8.11. The molecule has 1 aliphatic heterocycles. The van der Waals surface area contributed by atoms with Crippen molar-refractivity contribution in [2.45, 2.75) is 19.9 Å². The fourth-order valence-electron chi connectivity index (χ4n) is 3.43. The molecule has 2 aromatic carbocycles. The number of carbonyl (C=O) groups is 1. The van der Waals surface area contributed by atoms with E-state index in [1.54, 1.807) is 7.11 Å². The number of ether oxygens (including phenoxy) is 3. The summed E-state index contributed by atoms with van der Waals surface area (Å²) < 4.78 is 16.5. The van der Waals surface area contributed by atoms with Gasteiger partial charge in [0.1, 0.15) is 11.5 Å². The topological polar surface area (TPSA) is 60.0 Å². The van der Waals surface area contributed by atoms with Crippen molar-refractivity contribution in [3.05, 3.63) is 59.7 Å². The molecule has 0 radical (unpaired) electrons. The van der Waals surface area contributed by atoms with Gasteiger partial charge in [0.2, 0.25) is 0 Å². The summed E-state index contributed by atoms with van der Waals surface area (Å²) in [7, 11) is 1.66. The molecule has 0 saturated carbocycles. The number of rotatable bonds is 9. The Morgan fingerprint density at radius 1 is 1.03 bits per heavy atom. The lowest BCUT2D eigenvalue weighted by atomic mass is 10.0. The molecular formula is C24H32N2O4. The fourth-order valence-corrected chi connectivity index (χ4v) is 3.43. The normalized spacial score (nSPS) is 15.6. The Labute approximate surface area is 179 Å². The average molecular weight is 413 g/mol. The summed E-state index contributed by atoms with van der Waals surface area (Å²) in [6, 6.07) is 15.4. The molecule has 6 nitrogen and oxygen atoms in total. The van der Waals surface area contributed by atoms with Gasteiger partial charge in [-0.05, 0) is 47.9 Å². The van der Waals surface area contributed by atoms with Gasteiger partial charge in [-0.15, -0.1) is 0 Å². The van der Waals surface area contributed by atoms with Gasteiger partial charge < -0.3 is 19.5 Å². The van der Waals surface area contributed by atoms with Crippen molar-refractivity contribution in [1.29, 1.82) is 0 Å². The van der Waals surface area contributed by atoms with E-state index in [1.807, 2.05) is 36.4 Å². The smallest absolute Gasteiger partial charge is 0.251 e. The van der Waals surface area contributed by atoms with Crippen LogP contribution in [0.1, 0.15) is 35.8 Å². The molecule has 3 rings (SSSR count). The van der Waals surface area contributed by atoms with Crippen LogP contribution in [0.15, 0.2) is 48.5 Å². The summed E-state index contributed by atoms with van der Waals surface area (Å²) in [4.78, 5) is 15.1. The first-order valence-electron chi connectivity index (χ1n) is 10.5. The maximum Gasteiger partial charge on any atom is 0.251 e. The third-order valence-electron chi connectivity index (χ3n) is 5.14. The van der Waals surface area contributed by atoms with Gasteiger partial charge in [-0.3, -0.25) is 9.69 Å². The van der Waals surface area contributed by atoms with Crippen LogP contribution in [0.25, 0.3) is 0 Å². The molecule has 1 amide bonds. The second-order valence-corrected chi connectivity index (χ2v) is 7.88. The van der Waals surface area contributed by atoms with E-state index in [-0.39, 0.29) is 11.9 Å². The van der Waals surface area contributed by atoms with Crippen LogP contribution in [-0.2, 0) is 4.74 Å². The van der Waals surface area contributed by atoms with E-state index in [1.165, 1.54) is 0 Å². The number of hydrogen-bond acceptors (Lipinski definition) is 5. The van der Waals surface area contributed by atoms with Gasteiger partial charge in [-0.25, -0.2) is 0 Å². The minimum Gasteiger partial charge on any atom is -0.497 e. The molecule has 0 aromatic heterocycles. The second-order valence-electron chi connectivity index (χ2n) is 7.88. The largest absolute Gasteiger partial charge is 0.497 e. The van der Waals surface area contributed by atoms with Crippen molar-refractivity contribution in [1.82, 2.24) is 10.2 Å². The van der Waals surface area contributed by atoms with Gasteiger partial charge >= 0.3 is 0 Å². The lowest BCUT2D eigenvalue weighted by Gasteiger charge is -2.35. The van der Waals surface area contributed by atoms with E-state index in [9.17, 15) is 4.79 Å². The highest BCUT2D eigenvalue weighted by atomic mass is 16.5. The number of nitrogens with one attached hydrogen (secondary N) is 1. The number of methoxy groups -OCH3 is 1. The summed E-state index contributed by atoms with van der Waals surface area (Å²) in [5, 5.41) is 3.10. The van der Waals surface area contributed by atoms with Crippen molar-refractivity contribution in [2.75, 3.05) is 46.6 Å². The number of nitrogens with zero attached hydrogens (tertiary/aromatic N) is 1. The van der Waals surface area contributed by atoms with Gasteiger partial charge in [0, 0.05) is 25.2 Å². The zero-order chi connectivity index (χ0) is 21.3. The van der Waals surface area contributed by atoms with Crippen LogP contribution in [0.5, 0.6) is 11.5 Å². The van der Waals surface area contributed by atoms with Crippen LogP contribution in [0.3, 0.4) is 0 Å². The molecule has 0 unspecified atom stereocenters. The minimum absolute atomic E-state index is 0.0809. The van der Waals surface area contributed by atoms with Crippen molar-refractivity contribution in [2.24, 2.45) is 5.92 Å². The minimum atomic E-state index is -0.0859. The third kappa shape index (κ3) is 6.21. The van der Waals surface area contributed by atoms with Gasteiger partial charge in [-0.2, -0.15) is 0 Å². The summed E-state index contributed by atoms with van der Waals surface area (Å²) in [6.07, 6.45) is 0. The van der Waals surface area contributed by atoms with E-state index in [4.69, 9.17) is 14.2 Å². The second kappa shape index (κ2) is 11.0. The molecule has 6 heteroatoms. The highest BCUT2D eigenvalue weighted by Gasteiger charge is 2.23. The molecule has 162 valence electrons. The van der Waals surface area contributed by atoms with Gasteiger partial charge in [0.25, 0.3) is 5.91 Å². The zero-order valence-electron chi connectivity index (χ0n) is 18.1. The Hall–Kier alpha value is -2.57. The molecular weight excluding hydrogens is 380 g/mol. The molecule has 1 atom stereocenters. The van der Waals surface area contributed by atoms with Crippen LogP contribution < -0.4 is 14.8 Å². The molecule has 0 bridgehead atoms. The van der Waals surface area contributed by atoms with E-state index >= 15 is 0 Å².